The number of sulfonamides is 1. The molecule has 1 unspecified atom stereocenters. The minimum Gasteiger partial charge on any atom is -0.308 e. The maximum atomic E-state index is 13.2. The Morgan fingerprint density at radius 1 is 1.00 bits per heavy atom. The van der Waals surface area contributed by atoms with Crippen LogP contribution in [0, 0.1) is 5.92 Å². The molecule has 0 spiro atoms. The molecule has 0 N–H and O–H groups in total. The average molecular weight is 456 g/mol. The average Bonchev–Trinajstić information content (AvgIpc) is 2.71. The van der Waals surface area contributed by atoms with Gasteiger partial charge in [-0.15, -0.1) is 0 Å². The molecule has 170 valence electrons. The largest absolute Gasteiger partial charge is 0.308 e. The van der Waals surface area contributed by atoms with Crippen LogP contribution in [0.5, 0.6) is 0 Å². The number of carbonyl (C=O) groups is 2. The number of nitrogens with zero attached hydrogens (tertiary/aromatic N) is 3. The summed E-state index contributed by atoms with van der Waals surface area (Å²) in [5.41, 5.74) is 2.95. The van der Waals surface area contributed by atoms with Crippen molar-refractivity contribution in [1.29, 1.82) is 0 Å². The molecule has 1 aliphatic carbocycles. The minimum absolute atomic E-state index is 0.0381. The Kier molecular flexibility index (Phi) is 5.85. The lowest BCUT2D eigenvalue weighted by atomic mass is 9.84. The Morgan fingerprint density at radius 2 is 1.69 bits per heavy atom. The van der Waals surface area contributed by atoms with E-state index in [1.165, 1.54) is 25.3 Å². The minimum atomic E-state index is -3.57. The van der Waals surface area contributed by atoms with Gasteiger partial charge in [-0.25, -0.2) is 12.7 Å². The molecule has 1 aliphatic heterocycles. The zero-order valence-corrected chi connectivity index (χ0v) is 19.7. The van der Waals surface area contributed by atoms with Gasteiger partial charge in [-0.3, -0.25) is 9.59 Å². The fourth-order valence-corrected chi connectivity index (χ4v) is 5.36. The summed E-state index contributed by atoms with van der Waals surface area (Å²) in [5.74, 6) is 0.0751. The van der Waals surface area contributed by atoms with Crippen LogP contribution < -0.4 is 9.80 Å². The molecule has 2 amide bonds. The molecule has 1 heterocycles. The van der Waals surface area contributed by atoms with E-state index in [1.807, 2.05) is 36.1 Å². The Hall–Kier alpha value is -2.71. The summed E-state index contributed by atoms with van der Waals surface area (Å²) in [7, 11) is -0.563. The lowest BCUT2D eigenvalue weighted by Gasteiger charge is -2.43. The molecule has 2 aromatic carbocycles. The van der Waals surface area contributed by atoms with Crippen LogP contribution in [-0.2, 0) is 19.6 Å². The summed E-state index contributed by atoms with van der Waals surface area (Å²) in [6.45, 7) is 3.93. The molecule has 0 saturated heterocycles. The van der Waals surface area contributed by atoms with Gasteiger partial charge < -0.3 is 9.80 Å². The number of amides is 2. The Labute approximate surface area is 189 Å². The maximum Gasteiger partial charge on any atom is 0.242 e. The van der Waals surface area contributed by atoms with E-state index in [4.69, 9.17) is 0 Å². The Morgan fingerprint density at radius 3 is 2.28 bits per heavy atom. The monoisotopic (exact) mass is 455 g/mol. The number of anilines is 2. The van der Waals surface area contributed by atoms with Crippen molar-refractivity contribution in [2.24, 2.45) is 5.92 Å². The highest BCUT2D eigenvalue weighted by molar-refractivity contribution is 7.89. The molecule has 0 aromatic heterocycles. The van der Waals surface area contributed by atoms with Gasteiger partial charge in [-0.05, 0) is 55.2 Å². The second kappa shape index (κ2) is 8.33. The van der Waals surface area contributed by atoms with Crippen LogP contribution in [0.3, 0.4) is 0 Å². The van der Waals surface area contributed by atoms with Crippen molar-refractivity contribution in [3.63, 3.8) is 0 Å². The predicted octanol–water partition coefficient (Wildman–Crippen LogP) is 3.49. The van der Waals surface area contributed by atoms with E-state index in [0.717, 1.165) is 30.4 Å². The standard InChI is InChI=1S/C24H29N3O4S/c1-16-15-26(24(29)18-7-5-8-18)23-14-20(11-12-22(23)27(16)17(2)28)19-9-6-10-21(13-19)32(30,31)25(3)4/h6,9-14,16,18H,5,7-8,15H2,1-4H3. The highest BCUT2D eigenvalue weighted by atomic mass is 32.2. The van der Waals surface area contributed by atoms with Gasteiger partial charge in [-0.1, -0.05) is 24.6 Å². The molecule has 32 heavy (non-hydrogen) atoms. The van der Waals surface area contributed by atoms with E-state index in [1.54, 1.807) is 23.1 Å². The van der Waals surface area contributed by atoms with Crippen LogP contribution in [0.25, 0.3) is 11.1 Å². The lowest BCUT2D eigenvalue weighted by Crippen LogP contribution is -2.53. The van der Waals surface area contributed by atoms with Gasteiger partial charge in [0.1, 0.15) is 0 Å². The molecular weight excluding hydrogens is 426 g/mol. The number of carbonyl (C=O) groups excluding carboxylic acids is 2. The van der Waals surface area contributed by atoms with Gasteiger partial charge >= 0.3 is 0 Å². The van der Waals surface area contributed by atoms with Crippen molar-refractivity contribution in [3.8, 4) is 11.1 Å². The third-order valence-electron chi connectivity index (χ3n) is 6.42. The summed E-state index contributed by atoms with van der Waals surface area (Å²) in [4.78, 5) is 29.3. The normalized spacial score (nSPS) is 19.0. The van der Waals surface area contributed by atoms with Gasteiger partial charge in [0.2, 0.25) is 21.8 Å². The Balaban J connectivity index is 1.81. The number of hydrogen-bond donors (Lipinski definition) is 0. The quantitative estimate of drug-likeness (QED) is 0.707. The molecule has 0 radical (unpaired) electrons. The molecule has 1 fully saturated rings. The topological polar surface area (TPSA) is 78.0 Å². The number of hydrogen-bond acceptors (Lipinski definition) is 4. The van der Waals surface area contributed by atoms with E-state index in [-0.39, 0.29) is 28.7 Å². The molecule has 4 rings (SSSR count). The fraction of sp³-hybridized carbons (Fsp3) is 0.417. The number of benzene rings is 2. The predicted molar refractivity (Wildman–Crippen MR) is 125 cm³/mol. The molecule has 1 atom stereocenters. The van der Waals surface area contributed by atoms with Gasteiger partial charge in [0.15, 0.2) is 0 Å². The highest BCUT2D eigenvalue weighted by Crippen LogP contribution is 2.41. The zero-order chi connectivity index (χ0) is 23.2. The van der Waals surface area contributed by atoms with E-state index in [2.05, 4.69) is 0 Å². The second-order valence-corrected chi connectivity index (χ2v) is 11.0. The first-order valence-electron chi connectivity index (χ1n) is 10.9. The molecule has 2 aromatic rings. The summed E-state index contributed by atoms with van der Waals surface area (Å²) >= 11 is 0. The lowest BCUT2D eigenvalue weighted by molar-refractivity contribution is -0.125. The first-order chi connectivity index (χ1) is 15.1. The van der Waals surface area contributed by atoms with E-state index in [0.29, 0.717) is 17.9 Å². The van der Waals surface area contributed by atoms with Crippen LogP contribution in [0.1, 0.15) is 33.1 Å². The van der Waals surface area contributed by atoms with Crippen molar-refractivity contribution >= 4 is 33.2 Å². The first-order valence-corrected chi connectivity index (χ1v) is 12.3. The van der Waals surface area contributed by atoms with Gasteiger partial charge in [-0.2, -0.15) is 0 Å². The summed E-state index contributed by atoms with van der Waals surface area (Å²) in [6.07, 6.45) is 2.87. The SMILES string of the molecule is CC(=O)N1c2ccc(-c3cccc(S(=O)(=O)N(C)C)c3)cc2N(C(=O)C2CCC2)CC1C. The fourth-order valence-electron chi connectivity index (χ4n) is 4.42. The molecule has 2 aliphatic rings. The van der Waals surface area contributed by atoms with Gasteiger partial charge in [0.05, 0.1) is 22.3 Å². The maximum absolute atomic E-state index is 13.2. The summed E-state index contributed by atoms with van der Waals surface area (Å²) < 4.78 is 26.4. The van der Waals surface area contributed by atoms with Crippen LogP contribution >= 0.6 is 0 Å². The van der Waals surface area contributed by atoms with Crippen molar-refractivity contribution in [2.75, 3.05) is 30.4 Å². The van der Waals surface area contributed by atoms with Crippen molar-refractivity contribution in [2.45, 2.75) is 44.0 Å². The first kappa shape index (κ1) is 22.5. The zero-order valence-electron chi connectivity index (χ0n) is 18.9. The molecule has 1 saturated carbocycles. The van der Waals surface area contributed by atoms with Crippen molar-refractivity contribution in [1.82, 2.24) is 4.31 Å². The van der Waals surface area contributed by atoms with E-state index < -0.39 is 10.0 Å². The molecule has 8 heteroatoms. The third kappa shape index (κ3) is 3.82. The summed E-state index contributed by atoms with van der Waals surface area (Å²) in [5, 5.41) is 0. The van der Waals surface area contributed by atoms with Crippen LogP contribution in [-0.4, -0.2) is 51.2 Å². The van der Waals surface area contributed by atoms with Crippen molar-refractivity contribution < 1.29 is 18.0 Å². The molecular formula is C24H29N3O4S. The van der Waals surface area contributed by atoms with Gasteiger partial charge in [0.25, 0.3) is 0 Å². The molecule has 0 bridgehead atoms. The Bertz CT molecular complexity index is 1170. The van der Waals surface area contributed by atoms with Gasteiger partial charge in [0, 0.05) is 33.5 Å². The summed E-state index contributed by atoms with van der Waals surface area (Å²) in [6, 6.07) is 12.3. The van der Waals surface area contributed by atoms with Crippen LogP contribution in [0.15, 0.2) is 47.4 Å². The van der Waals surface area contributed by atoms with Crippen molar-refractivity contribution in [3.05, 3.63) is 42.5 Å². The number of fused-ring (bicyclic) bond motifs is 1. The van der Waals surface area contributed by atoms with Crippen LogP contribution in [0.2, 0.25) is 0 Å². The number of rotatable bonds is 4. The van der Waals surface area contributed by atoms with E-state index >= 15 is 0 Å². The smallest absolute Gasteiger partial charge is 0.242 e. The van der Waals surface area contributed by atoms with Crippen LogP contribution in [0.4, 0.5) is 11.4 Å². The van der Waals surface area contributed by atoms with E-state index in [9.17, 15) is 18.0 Å². The second-order valence-electron chi connectivity index (χ2n) is 8.83. The highest BCUT2D eigenvalue weighted by Gasteiger charge is 2.37. The third-order valence-corrected chi connectivity index (χ3v) is 8.23. The molecule has 7 nitrogen and oxygen atoms in total.